The Hall–Kier alpha value is -3.87. The largest absolute Gasteiger partial charge is 0.454 e. The molecule has 0 saturated heterocycles. The molecule has 0 bridgehead atoms. The standard InChI is InChI=1S/C23H20N4O3/c1-2-17-13-25-22(12-16-3-8-20-21(11-16)29-15-28-20)26-23(17)30-19-6-4-18(5-7-19)27-10-9-24-14-27/h3-11,13-14H,2,12,15H2,1H3. The van der Waals surface area contributed by atoms with Gasteiger partial charge in [0.25, 0.3) is 0 Å². The molecule has 3 heterocycles. The Morgan fingerprint density at radius 2 is 1.93 bits per heavy atom. The summed E-state index contributed by atoms with van der Waals surface area (Å²) in [6, 6.07) is 13.7. The Morgan fingerprint density at radius 3 is 2.73 bits per heavy atom. The molecule has 0 N–H and O–H groups in total. The fraction of sp³-hybridized carbons (Fsp3) is 0.174. The lowest BCUT2D eigenvalue weighted by molar-refractivity contribution is 0.174. The number of fused-ring (bicyclic) bond motifs is 1. The van der Waals surface area contributed by atoms with E-state index < -0.39 is 0 Å². The summed E-state index contributed by atoms with van der Waals surface area (Å²) in [5.41, 5.74) is 3.03. The SMILES string of the molecule is CCc1cnc(Cc2ccc3c(c2)OCO3)nc1Oc1ccc(-n2ccnc2)cc1. The van der Waals surface area contributed by atoms with Gasteiger partial charge in [-0.2, -0.15) is 4.98 Å². The Labute approximate surface area is 173 Å². The molecule has 0 saturated carbocycles. The van der Waals surface area contributed by atoms with Gasteiger partial charge in [-0.15, -0.1) is 0 Å². The van der Waals surface area contributed by atoms with Crippen molar-refractivity contribution in [1.82, 2.24) is 19.5 Å². The van der Waals surface area contributed by atoms with E-state index in [4.69, 9.17) is 14.2 Å². The van der Waals surface area contributed by atoms with Crippen LogP contribution >= 0.6 is 0 Å². The van der Waals surface area contributed by atoms with Gasteiger partial charge in [0.1, 0.15) is 11.6 Å². The number of ether oxygens (including phenoxy) is 3. The zero-order chi connectivity index (χ0) is 20.3. The van der Waals surface area contributed by atoms with Crippen LogP contribution in [0.25, 0.3) is 5.69 Å². The number of hydrogen-bond acceptors (Lipinski definition) is 6. The first-order valence-corrected chi connectivity index (χ1v) is 9.78. The van der Waals surface area contributed by atoms with E-state index in [2.05, 4.69) is 21.9 Å². The normalized spacial score (nSPS) is 12.2. The van der Waals surface area contributed by atoms with Crippen LogP contribution in [0.5, 0.6) is 23.1 Å². The van der Waals surface area contributed by atoms with Crippen LogP contribution in [-0.4, -0.2) is 26.3 Å². The summed E-state index contributed by atoms with van der Waals surface area (Å²) in [4.78, 5) is 13.3. The molecule has 7 heteroatoms. The number of hydrogen-bond donors (Lipinski definition) is 0. The summed E-state index contributed by atoms with van der Waals surface area (Å²) in [5, 5.41) is 0. The van der Waals surface area contributed by atoms with Crippen molar-refractivity contribution in [3.05, 3.63) is 84.3 Å². The lowest BCUT2D eigenvalue weighted by atomic mass is 10.1. The quantitative estimate of drug-likeness (QED) is 0.480. The highest BCUT2D eigenvalue weighted by Crippen LogP contribution is 2.33. The lowest BCUT2D eigenvalue weighted by Gasteiger charge is -2.11. The molecule has 0 atom stereocenters. The highest BCUT2D eigenvalue weighted by Gasteiger charge is 2.15. The molecule has 7 nitrogen and oxygen atoms in total. The number of benzene rings is 2. The van der Waals surface area contributed by atoms with Crippen molar-refractivity contribution in [2.75, 3.05) is 6.79 Å². The highest BCUT2D eigenvalue weighted by atomic mass is 16.7. The lowest BCUT2D eigenvalue weighted by Crippen LogP contribution is -2.02. The topological polar surface area (TPSA) is 71.3 Å². The Bertz CT molecular complexity index is 1160. The van der Waals surface area contributed by atoms with Crippen molar-refractivity contribution in [1.29, 1.82) is 0 Å². The average molecular weight is 400 g/mol. The predicted molar refractivity (Wildman–Crippen MR) is 110 cm³/mol. The molecule has 0 fully saturated rings. The van der Waals surface area contributed by atoms with E-state index in [1.807, 2.05) is 59.4 Å². The molecular formula is C23H20N4O3. The smallest absolute Gasteiger partial charge is 0.231 e. The first-order chi connectivity index (χ1) is 14.8. The minimum Gasteiger partial charge on any atom is -0.454 e. The fourth-order valence-electron chi connectivity index (χ4n) is 3.28. The Balaban J connectivity index is 1.36. The minimum absolute atomic E-state index is 0.262. The molecule has 4 aromatic rings. The molecule has 2 aromatic carbocycles. The van der Waals surface area contributed by atoms with Crippen molar-refractivity contribution in [3.63, 3.8) is 0 Å². The minimum atomic E-state index is 0.262. The number of aryl methyl sites for hydroxylation is 1. The van der Waals surface area contributed by atoms with Gasteiger partial charge in [0.2, 0.25) is 12.7 Å². The van der Waals surface area contributed by atoms with Gasteiger partial charge >= 0.3 is 0 Å². The second kappa shape index (κ2) is 7.87. The van der Waals surface area contributed by atoms with Crippen LogP contribution in [0, 0.1) is 0 Å². The molecule has 1 aliphatic rings. The third kappa shape index (κ3) is 3.69. The third-order valence-corrected chi connectivity index (χ3v) is 4.91. The van der Waals surface area contributed by atoms with Gasteiger partial charge in [0.15, 0.2) is 11.5 Å². The second-order valence-electron chi connectivity index (χ2n) is 6.90. The summed E-state index contributed by atoms with van der Waals surface area (Å²) in [7, 11) is 0. The van der Waals surface area contributed by atoms with Crippen molar-refractivity contribution >= 4 is 0 Å². The van der Waals surface area contributed by atoms with Crippen LogP contribution in [-0.2, 0) is 12.8 Å². The zero-order valence-electron chi connectivity index (χ0n) is 16.5. The first-order valence-electron chi connectivity index (χ1n) is 9.78. The molecule has 2 aromatic heterocycles. The molecular weight excluding hydrogens is 380 g/mol. The number of imidazole rings is 1. The van der Waals surface area contributed by atoms with Crippen LogP contribution < -0.4 is 14.2 Å². The molecule has 0 aliphatic carbocycles. The van der Waals surface area contributed by atoms with Gasteiger partial charge in [-0.1, -0.05) is 13.0 Å². The van der Waals surface area contributed by atoms with Crippen LogP contribution in [0.1, 0.15) is 23.9 Å². The molecule has 0 radical (unpaired) electrons. The molecule has 0 spiro atoms. The maximum Gasteiger partial charge on any atom is 0.231 e. The van der Waals surface area contributed by atoms with E-state index in [-0.39, 0.29) is 6.79 Å². The zero-order valence-corrected chi connectivity index (χ0v) is 16.5. The summed E-state index contributed by atoms with van der Waals surface area (Å²) >= 11 is 0. The monoisotopic (exact) mass is 400 g/mol. The molecule has 30 heavy (non-hydrogen) atoms. The van der Waals surface area contributed by atoms with Gasteiger partial charge in [0, 0.05) is 36.3 Å². The summed E-state index contributed by atoms with van der Waals surface area (Å²) in [5.74, 6) is 3.52. The van der Waals surface area contributed by atoms with E-state index >= 15 is 0 Å². The van der Waals surface area contributed by atoms with Crippen LogP contribution in [0.4, 0.5) is 0 Å². The highest BCUT2D eigenvalue weighted by molar-refractivity contribution is 5.45. The van der Waals surface area contributed by atoms with Crippen molar-refractivity contribution in [3.8, 4) is 28.8 Å². The summed E-state index contributed by atoms with van der Waals surface area (Å²) < 4.78 is 18.9. The number of aromatic nitrogens is 4. The molecule has 0 amide bonds. The fourth-order valence-corrected chi connectivity index (χ4v) is 3.28. The molecule has 1 aliphatic heterocycles. The van der Waals surface area contributed by atoms with E-state index in [0.29, 0.717) is 18.1 Å². The third-order valence-electron chi connectivity index (χ3n) is 4.91. The van der Waals surface area contributed by atoms with Crippen molar-refractivity contribution in [2.24, 2.45) is 0 Å². The van der Waals surface area contributed by atoms with Crippen LogP contribution in [0.3, 0.4) is 0 Å². The molecule has 150 valence electrons. The molecule has 5 rings (SSSR count). The van der Waals surface area contributed by atoms with Crippen molar-refractivity contribution < 1.29 is 14.2 Å². The Kier molecular flexibility index (Phi) is 4.77. The van der Waals surface area contributed by atoms with Gasteiger partial charge in [-0.25, -0.2) is 9.97 Å². The second-order valence-corrected chi connectivity index (χ2v) is 6.90. The van der Waals surface area contributed by atoms with Crippen LogP contribution in [0.2, 0.25) is 0 Å². The summed E-state index contributed by atoms with van der Waals surface area (Å²) in [6.07, 6.45) is 8.62. The van der Waals surface area contributed by atoms with E-state index in [9.17, 15) is 0 Å². The van der Waals surface area contributed by atoms with Crippen molar-refractivity contribution in [2.45, 2.75) is 19.8 Å². The van der Waals surface area contributed by atoms with Gasteiger partial charge in [-0.3, -0.25) is 0 Å². The first kappa shape index (κ1) is 18.2. The average Bonchev–Trinajstić information content (AvgIpc) is 3.46. The van der Waals surface area contributed by atoms with E-state index in [1.54, 1.807) is 12.5 Å². The van der Waals surface area contributed by atoms with Crippen LogP contribution in [0.15, 0.2) is 67.4 Å². The Morgan fingerprint density at radius 1 is 1.07 bits per heavy atom. The maximum atomic E-state index is 6.10. The van der Waals surface area contributed by atoms with Gasteiger partial charge < -0.3 is 18.8 Å². The van der Waals surface area contributed by atoms with E-state index in [1.165, 1.54) is 0 Å². The predicted octanol–water partition coefficient (Wildman–Crippen LogP) is 4.34. The maximum absolute atomic E-state index is 6.10. The number of nitrogens with zero attached hydrogens (tertiary/aromatic N) is 4. The number of rotatable bonds is 6. The molecule has 0 unspecified atom stereocenters. The van der Waals surface area contributed by atoms with E-state index in [0.717, 1.165) is 40.5 Å². The van der Waals surface area contributed by atoms with Gasteiger partial charge in [-0.05, 0) is 48.4 Å². The van der Waals surface area contributed by atoms with Gasteiger partial charge in [0.05, 0.1) is 6.33 Å². The summed E-state index contributed by atoms with van der Waals surface area (Å²) in [6.45, 7) is 2.32.